The maximum Gasteiger partial charge on any atom is 0.124 e. The fourth-order valence-corrected chi connectivity index (χ4v) is 4.33. The van der Waals surface area contributed by atoms with E-state index in [0.29, 0.717) is 11.8 Å². The van der Waals surface area contributed by atoms with Crippen LogP contribution in [0.3, 0.4) is 0 Å². The molecule has 0 amide bonds. The molecule has 0 radical (unpaired) electrons. The summed E-state index contributed by atoms with van der Waals surface area (Å²) in [6.07, 6.45) is 8.74. The molecule has 2 aromatic carbocycles. The number of benzene rings is 2. The van der Waals surface area contributed by atoms with E-state index in [1.165, 1.54) is 36.8 Å². The summed E-state index contributed by atoms with van der Waals surface area (Å²) < 4.78 is 0. The number of aromatic nitrogens is 4. The minimum atomic E-state index is 0.0246. The molecule has 32 heavy (non-hydrogen) atoms. The normalized spacial score (nSPS) is 17.9. The summed E-state index contributed by atoms with van der Waals surface area (Å²) in [5.74, 6) is 2.95. The molecule has 6 rings (SSSR count). The highest BCUT2D eigenvalue weighted by Gasteiger charge is 2.32. The minimum Gasteiger partial charge on any atom is -0.347 e. The van der Waals surface area contributed by atoms with Crippen LogP contribution in [0.15, 0.2) is 60.9 Å². The highest BCUT2D eigenvalue weighted by molar-refractivity contribution is 5.71. The number of rotatable bonds is 7. The van der Waals surface area contributed by atoms with E-state index in [1.54, 1.807) is 0 Å². The lowest BCUT2D eigenvalue weighted by Gasteiger charge is -2.06. The van der Waals surface area contributed by atoms with Gasteiger partial charge >= 0.3 is 0 Å². The van der Waals surface area contributed by atoms with Gasteiger partial charge in [0.15, 0.2) is 0 Å². The van der Waals surface area contributed by atoms with Crippen LogP contribution in [0.1, 0.15) is 49.4 Å². The zero-order chi connectivity index (χ0) is 21.7. The molecule has 2 heterocycles. The Hall–Kier alpha value is -3.22. The quantitative estimate of drug-likeness (QED) is 0.336. The van der Waals surface area contributed by atoms with Crippen LogP contribution in [0, 0.1) is 11.8 Å². The SMILES string of the molecule is N[C@H](c1nc(-c2ccc(-c3ccc(-c4c[nH]c([C@@H](N)C5CC5)n4)cc3)cc2)c[nH]1)C1CC1. The first kappa shape index (κ1) is 19.5. The van der Waals surface area contributed by atoms with Crippen molar-refractivity contribution in [1.82, 2.24) is 19.9 Å². The number of nitrogens with zero attached hydrogens (tertiary/aromatic N) is 2. The van der Waals surface area contributed by atoms with Gasteiger partial charge in [-0.15, -0.1) is 0 Å². The number of hydrogen-bond donors (Lipinski definition) is 4. The van der Waals surface area contributed by atoms with Crippen molar-refractivity contribution in [3.8, 4) is 33.6 Å². The van der Waals surface area contributed by atoms with Crippen molar-refractivity contribution in [2.45, 2.75) is 37.8 Å². The van der Waals surface area contributed by atoms with E-state index in [1.807, 2.05) is 12.4 Å². The molecule has 0 aliphatic heterocycles. The largest absolute Gasteiger partial charge is 0.347 e. The fourth-order valence-electron chi connectivity index (χ4n) is 4.33. The van der Waals surface area contributed by atoms with E-state index < -0.39 is 0 Å². The first-order chi connectivity index (χ1) is 15.7. The summed E-state index contributed by atoms with van der Waals surface area (Å²) >= 11 is 0. The van der Waals surface area contributed by atoms with Crippen LogP contribution < -0.4 is 11.5 Å². The molecular formula is C26H28N6. The second-order valence-corrected chi connectivity index (χ2v) is 9.22. The van der Waals surface area contributed by atoms with Gasteiger partial charge in [-0.3, -0.25) is 0 Å². The smallest absolute Gasteiger partial charge is 0.124 e. The third-order valence-electron chi connectivity index (χ3n) is 6.78. The van der Waals surface area contributed by atoms with Crippen molar-refractivity contribution in [1.29, 1.82) is 0 Å². The second-order valence-electron chi connectivity index (χ2n) is 9.22. The zero-order valence-electron chi connectivity index (χ0n) is 18.0. The lowest BCUT2D eigenvalue weighted by atomic mass is 10.0. The van der Waals surface area contributed by atoms with Gasteiger partial charge in [-0.2, -0.15) is 0 Å². The zero-order valence-corrected chi connectivity index (χ0v) is 18.0. The van der Waals surface area contributed by atoms with Crippen molar-refractivity contribution >= 4 is 0 Å². The van der Waals surface area contributed by atoms with Crippen molar-refractivity contribution in [3.63, 3.8) is 0 Å². The van der Waals surface area contributed by atoms with Crippen LogP contribution in [-0.2, 0) is 0 Å². The number of hydrogen-bond acceptors (Lipinski definition) is 4. The van der Waals surface area contributed by atoms with Crippen LogP contribution >= 0.6 is 0 Å². The Labute approximate surface area is 187 Å². The Morgan fingerprint density at radius 2 is 0.938 bits per heavy atom. The van der Waals surface area contributed by atoms with Gasteiger partial charge in [-0.05, 0) is 48.6 Å². The first-order valence-corrected chi connectivity index (χ1v) is 11.5. The number of imidazole rings is 2. The molecule has 4 aromatic rings. The van der Waals surface area contributed by atoms with E-state index in [2.05, 4.69) is 58.5 Å². The summed E-state index contributed by atoms with van der Waals surface area (Å²) in [6, 6.07) is 17.1. The number of nitrogens with one attached hydrogen (secondary N) is 2. The third-order valence-corrected chi connectivity index (χ3v) is 6.78. The van der Waals surface area contributed by atoms with Gasteiger partial charge in [-0.25, -0.2) is 9.97 Å². The number of aromatic amines is 2. The van der Waals surface area contributed by atoms with Gasteiger partial charge in [0.05, 0.1) is 23.5 Å². The first-order valence-electron chi connectivity index (χ1n) is 11.5. The molecule has 6 nitrogen and oxygen atoms in total. The molecule has 0 spiro atoms. The van der Waals surface area contributed by atoms with E-state index in [0.717, 1.165) is 34.2 Å². The molecular weight excluding hydrogens is 396 g/mol. The average molecular weight is 425 g/mol. The number of H-pyrrole nitrogens is 2. The van der Waals surface area contributed by atoms with Crippen molar-refractivity contribution in [3.05, 3.63) is 72.6 Å². The van der Waals surface area contributed by atoms with Crippen molar-refractivity contribution < 1.29 is 0 Å². The average Bonchev–Trinajstić information content (AvgIpc) is 3.76. The van der Waals surface area contributed by atoms with E-state index in [9.17, 15) is 0 Å². The Balaban J connectivity index is 1.17. The van der Waals surface area contributed by atoms with Crippen LogP contribution in [0.4, 0.5) is 0 Å². The molecule has 2 fully saturated rings. The second kappa shape index (κ2) is 7.73. The molecule has 6 N–H and O–H groups in total. The highest BCUT2D eigenvalue weighted by Crippen LogP contribution is 2.39. The maximum absolute atomic E-state index is 6.27. The van der Waals surface area contributed by atoms with Crippen molar-refractivity contribution in [2.24, 2.45) is 23.3 Å². The summed E-state index contributed by atoms with van der Waals surface area (Å²) in [5, 5.41) is 0. The summed E-state index contributed by atoms with van der Waals surface area (Å²) in [7, 11) is 0. The van der Waals surface area contributed by atoms with E-state index >= 15 is 0 Å². The standard InChI is InChI=1S/C26H28N6/c27-23(19-9-10-19)25-29-13-21(31-25)17-5-1-15(2-6-17)16-3-7-18(8-4-16)22-14-30-26(32-22)24(28)20-11-12-20/h1-8,13-14,19-20,23-24H,9-12,27-28H2,(H,29,31)(H,30,32)/t23-,24-/m0/s1. The molecule has 0 bridgehead atoms. The lowest BCUT2D eigenvalue weighted by Crippen LogP contribution is -2.13. The van der Waals surface area contributed by atoms with Crippen LogP contribution in [-0.4, -0.2) is 19.9 Å². The van der Waals surface area contributed by atoms with E-state index in [4.69, 9.17) is 21.4 Å². The molecule has 0 saturated heterocycles. The molecule has 2 aliphatic carbocycles. The van der Waals surface area contributed by atoms with Gasteiger partial charge < -0.3 is 21.4 Å². The van der Waals surface area contributed by atoms with Gasteiger partial charge in [0, 0.05) is 23.5 Å². The molecule has 0 unspecified atom stereocenters. The van der Waals surface area contributed by atoms with Gasteiger partial charge in [0.1, 0.15) is 11.6 Å². The monoisotopic (exact) mass is 424 g/mol. The van der Waals surface area contributed by atoms with Gasteiger partial charge in [0.2, 0.25) is 0 Å². The third kappa shape index (κ3) is 3.76. The van der Waals surface area contributed by atoms with E-state index in [-0.39, 0.29) is 12.1 Å². The predicted molar refractivity (Wildman–Crippen MR) is 126 cm³/mol. The lowest BCUT2D eigenvalue weighted by molar-refractivity contribution is 0.600. The summed E-state index contributed by atoms with van der Waals surface area (Å²) in [4.78, 5) is 16.0. The Kier molecular flexibility index (Phi) is 4.70. The van der Waals surface area contributed by atoms with Crippen LogP contribution in [0.5, 0.6) is 0 Å². The molecule has 2 aliphatic rings. The summed E-state index contributed by atoms with van der Waals surface area (Å²) in [5.41, 5.74) is 18.9. The molecule has 162 valence electrons. The Bertz CT molecular complexity index is 1110. The minimum absolute atomic E-state index is 0.0246. The van der Waals surface area contributed by atoms with Gasteiger partial charge in [-0.1, -0.05) is 48.5 Å². The van der Waals surface area contributed by atoms with Gasteiger partial charge in [0.25, 0.3) is 0 Å². The molecule has 2 saturated carbocycles. The topological polar surface area (TPSA) is 109 Å². The van der Waals surface area contributed by atoms with Crippen LogP contribution in [0.25, 0.3) is 33.6 Å². The molecule has 6 heteroatoms. The Morgan fingerprint density at radius 1 is 0.594 bits per heavy atom. The maximum atomic E-state index is 6.27. The highest BCUT2D eigenvalue weighted by atomic mass is 15.0. The van der Waals surface area contributed by atoms with Crippen molar-refractivity contribution in [2.75, 3.05) is 0 Å². The Morgan fingerprint density at radius 3 is 1.28 bits per heavy atom. The fraction of sp³-hybridized carbons (Fsp3) is 0.308. The van der Waals surface area contributed by atoms with Crippen LogP contribution in [0.2, 0.25) is 0 Å². The molecule has 2 aromatic heterocycles. The predicted octanol–water partition coefficient (Wildman–Crippen LogP) is 4.95. The number of nitrogens with two attached hydrogens (primary N) is 2. The molecule has 2 atom stereocenters. The summed E-state index contributed by atoms with van der Waals surface area (Å²) in [6.45, 7) is 0.